The molecule has 1 aromatic rings. The third-order valence-corrected chi connectivity index (χ3v) is 3.87. The molecule has 1 amide bonds. The number of halogens is 1. The second-order valence-corrected chi connectivity index (χ2v) is 5.44. The number of aliphatic hydroxyl groups is 1. The maximum atomic E-state index is 11.9. The third kappa shape index (κ3) is 4.80. The van der Waals surface area contributed by atoms with Gasteiger partial charge in [0.15, 0.2) is 0 Å². The Kier molecular flexibility index (Phi) is 6.25. The van der Waals surface area contributed by atoms with E-state index in [1.54, 1.807) is 6.08 Å². The summed E-state index contributed by atoms with van der Waals surface area (Å²) in [5.41, 5.74) is 0.446. The van der Waals surface area contributed by atoms with Crippen molar-refractivity contribution in [3.05, 3.63) is 40.4 Å². The molecule has 1 rings (SSSR count). The summed E-state index contributed by atoms with van der Waals surface area (Å²) >= 11 is 3.36. The van der Waals surface area contributed by atoms with E-state index < -0.39 is 5.54 Å². The maximum absolute atomic E-state index is 11.9. The highest BCUT2D eigenvalue weighted by molar-refractivity contribution is 9.10. The minimum absolute atomic E-state index is 0.0438. The average Bonchev–Trinajstić information content (AvgIpc) is 2.44. The summed E-state index contributed by atoms with van der Waals surface area (Å²) < 4.78 is 1.00. The minimum Gasteiger partial charge on any atom is -0.394 e. The maximum Gasteiger partial charge on any atom is 0.244 e. The summed E-state index contributed by atoms with van der Waals surface area (Å²) in [6, 6.07) is 7.70. The summed E-state index contributed by atoms with van der Waals surface area (Å²) in [5.74, 6) is -0.180. The molecule has 0 fully saturated rings. The zero-order valence-electron chi connectivity index (χ0n) is 11.3. The topological polar surface area (TPSA) is 49.3 Å². The largest absolute Gasteiger partial charge is 0.394 e. The van der Waals surface area contributed by atoms with E-state index in [1.165, 1.54) is 6.08 Å². The van der Waals surface area contributed by atoms with E-state index in [2.05, 4.69) is 21.2 Å². The number of benzene rings is 1. The van der Waals surface area contributed by atoms with Gasteiger partial charge in [0.25, 0.3) is 0 Å². The predicted molar refractivity (Wildman–Crippen MR) is 81.7 cm³/mol. The molecule has 0 aromatic heterocycles. The molecule has 0 bridgehead atoms. The molecule has 0 saturated carbocycles. The van der Waals surface area contributed by atoms with Crippen LogP contribution in [0, 0.1) is 0 Å². The average molecular weight is 326 g/mol. The van der Waals surface area contributed by atoms with Crippen LogP contribution in [0.2, 0.25) is 0 Å². The van der Waals surface area contributed by atoms with Crippen molar-refractivity contribution in [3.63, 3.8) is 0 Å². The fourth-order valence-electron chi connectivity index (χ4n) is 1.74. The Balaban J connectivity index is 2.66. The first-order chi connectivity index (χ1) is 9.05. The second-order valence-electron chi connectivity index (χ2n) is 4.52. The lowest BCUT2D eigenvalue weighted by molar-refractivity contribution is -0.119. The Hall–Kier alpha value is -1.13. The molecule has 0 aliphatic heterocycles. The monoisotopic (exact) mass is 325 g/mol. The van der Waals surface area contributed by atoms with Crippen LogP contribution < -0.4 is 5.32 Å². The van der Waals surface area contributed by atoms with Gasteiger partial charge in [0.1, 0.15) is 0 Å². The zero-order chi connectivity index (χ0) is 14.3. The van der Waals surface area contributed by atoms with Gasteiger partial charge in [-0.25, -0.2) is 0 Å². The van der Waals surface area contributed by atoms with Crippen molar-refractivity contribution in [2.45, 2.75) is 32.2 Å². The number of carbonyl (C=O) groups is 1. The summed E-state index contributed by atoms with van der Waals surface area (Å²) in [6.07, 6.45) is 4.67. The van der Waals surface area contributed by atoms with Gasteiger partial charge in [-0.1, -0.05) is 41.9 Å². The summed E-state index contributed by atoms with van der Waals surface area (Å²) in [4.78, 5) is 11.9. The third-order valence-electron chi connectivity index (χ3n) is 3.34. The van der Waals surface area contributed by atoms with Crippen molar-refractivity contribution in [2.75, 3.05) is 6.61 Å². The summed E-state index contributed by atoms with van der Waals surface area (Å²) in [5, 5.41) is 12.3. The van der Waals surface area contributed by atoms with Crippen LogP contribution >= 0.6 is 15.9 Å². The minimum atomic E-state index is -0.513. The Morgan fingerprint density at radius 1 is 1.32 bits per heavy atom. The quantitative estimate of drug-likeness (QED) is 0.789. The SMILES string of the molecule is CCC(CC)(CO)NC(=O)/C=C/c1ccc(Br)cc1. The molecule has 3 nitrogen and oxygen atoms in total. The molecule has 4 heteroatoms. The van der Waals surface area contributed by atoms with Gasteiger partial charge in [0.05, 0.1) is 12.1 Å². The van der Waals surface area contributed by atoms with Crippen LogP contribution in [0.4, 0.5) is 0 Å². The fraction of sp³-hybridized carbons (Fsp3) is 0.400. The van der Waals surface area contributed by atoms with Crippen molar-refractivity contribution >= 4 is 27.9 Å². The van der Waals surface area contributed by atoms with Crippen molar-refractivity contribution in [2.24, 2.45) is 0 Å². The highest BCUT2D eigenvalue weighted by Gasteiger charge is 2.26. The van der Waals surface area contributed by atoms with E-state index in [1.807, 2.05) is 38.1 Å². The fourth-order valence-corrected chi connectivity index (χ4v) is 2.00. The Labute approximate surface area is 122 Å². The number of hydrogen-bond acceptors (Lipinski definition) is 2. The molecular weight excluding hydrogens is 306 g/mol. The van der Waals surface area contributed by atoms with Gasteiger partial charge in [-0.3, -0.25) is 4.79 Å². The molecule has 0 aliphatic carbocycles. The Morgan fingerprint density at radius 3 is 2.37 bits per heavy atom. The number of aliphatic hydroxyl groups excluding tert-OH is 1. The number of hydrogen-bond donors (Lipinski definition) is 2. The molecule has 0 aliphatic rings. The first-order valence-corrected chi connectivity index (χ1v) is 7.21. The molecule has 19 heavy (non-hydrogen) atoms. The Morgan fingerprint density at radius 2 is 1.89 bits per heavy atom. The highest BCUT2D eigenvalue weighted by Crippen LogP contribution is 2.14. The lowest BCUT2D eigenvalue weighted by atomic mass is 9.94. The molecule has 0 saturated heterocycles. The van der Waals surface area contributed by atoms with E-state index >= 15 is 0 Å². The molecule has 0 spiro atoms. The lowest BCUT2D eigenvalue weighted by Gasteiger charge is -2.30. The van der Waals surface area contributed by atoms with Crippen LogP contribution in [0.15, 0.2) is 34.8 Å². The highest BCUT2D eigenvalue weighted by atomic mass is 79.9. The van der Waals surface area contributed by atoms with Crippen LogP contribution in [-0.4, -0.2) is 23.2 Å². The van der Waals surface area contributed by atoms with E-state index in [4.69, 9.17) is 0 Å². The number of carbonyl (C=O) groups excluding carboxylic acids is 1. The molecule has 0 heterocycles. The van der Waals surface area contributed by atoms with E-state index in [0.29, 0.717) is 12.8 Å². The van der Waals surface area contributed by atoms with Crippen LogP contribution in [0.25, 0.3) is 6.08 Å². The number of nitrogens with one attached hydrogen (secondary N) is 1. The van der Waals surface area contributed by atoms with Crippen LogP contribution in [-0.2, 0) is 4.79 Å². The summed E-state index contributed by atoms with van der Waals surface area (Å²) in [6.45, 7) is 3.87. The number of rotatable bonds is 6. The molecule has 1 aromatic carbocycles. The van der Waals surface area contributed by atoms with Crippen LogP contribution in [0.3, 0.4) is 0 Å². The van der Waals surface area contributed by atoms with E-state index in [-0.39, 0.29) is 12.5 Å². The molecule has 104 valence electrons. The van der Waals surface area contributed by atoms with Gasteiger partial charge in [0.2, 0.25) is 5.91 Å². The van der Waals surface area contributed by atoms with Gasteiger partial charge in [-0.15, -0.1) is 0 Å². The lowest BCUT2D eigenvalue weighted by Crippen LogP contribution is -2.49. The zero-order valence-corrected chi connectivity index (χ0v) is 12.9. The van der Waals surface area contributed by atoms with E-state index in [0.717, 1.165) is 10.0 Å². The predicted octanol–water partition coefficient (Wildman–Crippen LogP) is 3.13. The molecule has 2 N–H and O–H groups in total. The standard InChI is InChI=1S/C15H20BrNO2/c1-3-15(4-2,11-18)17-14(19)10-7-12-5-8-13(16)9-6-12/h5-10,18H,3-4,11H2,1-2H3,(H,17,19)/b10-7+. The summed E-state index contributed by atoms with van der Waals surface area (Å²) in [7, 11) is 0. The Bertz CT molecular complexity index is 428. The molecule has 0 radical (unpaired) electrons. The molecular formula is C15H20BrNO2. The number of amides is 1. The van der Waals surface area contributed by atoms with E-state index in [9.17, 15) is 9.90 Å². The van der Waals surface area contributed by atoms with Gasteiger partial charge in [0, 0.05) is 10.5 Å². The molecule has 0 atom stereocenters. The smallest absolute Gasteiger partial charge is 0.244 e. The first kappa shape index (κ1) is 15.9. The van der Waals surface area contributed by atoms with Gasteiger partial charge in [-0.2, -0.15) is 0 Å². The van der Waals surface area contributed by atoms with Crippen molar-refractivity contribution in [1.29, 1.82) is 0 Å². The van der Waals surface area contributed by atoms with Crippen molar-refractivity contribution in [1.82, 2.24) is 5.32 Å². The van der Waals surface area contributed by atoms with Gasteiger partial charge in [-0.05, 0) is 36.6 Å². The van der Waals surface area contributed by atoms with Crippen LogP contribution in [0.5, 0.6) is 0 Å². The van der Waals surface area contributed by atoms with Gasteiger partial charge < -0.3 is 10.4 Å². The van der Waals surface area contributed by atoms with Crippen molar-refractivity contribution in [3.8, 4) is 0 Å². The molecule has 0 unspecified atom stereocenters. The van der Waals surface area contributed by atoms with Crippen molar-refractivity contribution < 1.29 is 9.90 Å². The normalized spacial score (nSPS) is 11.8. The first-order valence-electron chi connectivity index (χ1n) is 6.42. The van der Waals surface area contributed by atoms with Gasteiger partial charge >= 0.3 is 0 Å². The van der Waals surface area contributed by atoms with Crippen LogP contribution in [0.1, 0.15) is 32.3 Å². The second kappa shape index (κ2) is 7.46.